The van der Waals surface area contributed by atoms with E-state index in [0.717, 1.165) is 16.7 Å². The van der Waals surface area contributed by atoms with E-state index < -0.39 is 11.9 Å². The number of nitrogens with one attached hydrogen (secondary N) is 1. The predicted molar refractivity (Wildman–Crippen MR) is 107 cm³/mol. The van der Waals surface area contributed by atoms with Gasteiger partial charge in [0.1, 0.15) is 11.8 Å². The van der Waals surface area contributed by atoms with Crippen LogP contribution in [0.25, 0.3) is 11.4 Å². The number of anilines is 1. The number of aryl methyl sites for hydroxylation is 1. The average Bonchev–Trinajstić information content (AvgIpc) is 3.10. The number of rotatable bonds is 4. The molecule has 1 aliphatic heterocycles. The van der Waals surface area contributed by atoms with Gasteiger partial charge in [0.05, 0.1) is 12.7 Å². The Bertz CT molecular complexity index is 1100. The highest BCUT2D eigenvalue weighted by molar-refractivity contribution is 5.95. The van der Waals surface area contributed by atoms with Crippen LogP contribution >= 0.6 is 0 Å². The SMILES string of the molecule is COc1ccccc1C1C(C(N)=O)=C(C)Nc2nc(-c3cccc(C)c3)nn21. The molecule has 0 spiro atoms. The molecule has 3 aromatic rings. The van der Waals surface area contributed by atoms with Crippen LogP contribution < -0.4 is 15.8 Å². The van der Waals surface area contributed by atoms with Crippen molar-refractivity contribution in [2.24, 2.45) is 5.73 Å². The number of amides is 1. The van der Waals surface area contributed by atoms with Crippen molar-refractivity contribution in [3.8, 4) is 17.1 Å². The molecule has 0 saturated carbocycles. The summed E-state index contributed by atoms with van der Waals surface area (Å²) in [6.45, 7) is 3.83. The van der Waals surface area contributed by atoms with Crippen molar-refractivity contribution in [2.45, 2.75) is 19.9 Å². The van der Waals surface area contributed by atoms with Gasteiger partial charge in [-0.3, -0.25) is 4.79 Å². The molecule has 4 rings (SSSR count). The van der Waals surface area contributed by atoms with E-state index >= 15 is 0 Å². The Balaban J connectivity index is 1.92. The van der Waals surface area contributed by atoms with E-state index in [4.69, 9.17) is 15.6 Å². The lowest BCUT2D eigenvalue weighted by molar-refractivity contribution is -0.115. The third-order valence-electron chi connectivity index (χ3n) is 4.83. The summed E-state index contributed by atoms with van der Waals surface area (Å²) >= 11 is 0. The third-order valence-corrected chi connectivity index (χ3v) is 4.83. The average molecular weight is 375 g/mol. The molecule has 28 heavy (non-hydrogen) atoms. The fourth-order valence-corrected chi connectivity index (χ4v) is 3.56. The Hall–Kier alpha value is -3.61. The van der Waals surface area contributed by atoms with Gasteiger partial charge in [-0.25, -0.2) is 4.68 Å². The monoisotopic (exact) mass is 375 g/mol. The summed E-state index contributed by atoms with van der Waals surface area (Å²) < 4.78 is 7.22. The zero-order valence-electron chi connectivity index (χ0n) is 15.9. The largest absolute Gasteiger partial charge is 0.496 e. The van der Waals surface area contributed by atoms with Crippen LogP contribution in [-0.4, -0.2) is 27.8 Å². The van der Waals surface area contributed by atoms with Crippen molar-refractivity contribution < 1.29 is 9.53 Å². The Labute approximate surface area is 162 Å². The number of methoxy groups -OCH3 is 1. The number of fused-ring (bicyclic) bond motifs is 1. The molecule has 7 heteroatoms. The Morgan fingerprint density at radius 2 is 1.96 bits per heavy atom. The zero-order chi connectivity index (χ0) is 19.8. The maximum atomic E-state index is 12.3. The molecule has 1 unspecified atom stereocenters. The first-order valence-corrected chi connectivity index (χ1v) is 8.93. The van der Waals surface area contributed by atoms with Crippen molar-refractivity contribution in [3.63, 3.8) is 0 Å². The second-order valence-corrected chi connectivity index (χ2v) is 6.75. The summed E-state index contributed by atoms with van der Waals surface area (Å²) in [6.07, 6.45) is 0. The van der Waals surface area contributed by atoms with Crippen LogP contribution in [0, 0.1) is 6.92 Å². The van der Waals surface area contributed by atoms with Crippen LogP contribution in [0.5, 0.6) is 5.75 Å². The maximum Gasteiger partial charge on any atom is 0.248 e. The normalized spacial score (nSPS) is 15.8. The van der Waals surface area contributed by atoms with E-state index in [-0.39, 0.29) is 0 Å². The lowest BCUT2D eigenvalue weighted by Crippen LogP contribution is -2.32. The van der Waals surface area contributed by atoms with Crippen LogP contribution in [0.1, 0.15) is 24.1 Å². The van der Waals surface area contributed by atoms with Crippen LogP contribution in [0.3, 0.4) is 0 Å². The molecule has 2 heterocycles. The molecule has 2 aromatic carbocycles. The van der Waals surface area contributed by atoms with Crippen LogP contribution in [0.4, 0.5) is 5.95 Å². The Kier molecular flexibility index (Phi) is 4.35. The van der Waals surface area contributed by atoms with Crippen molar-refractivity contribution in [2.75, 3.05) is 12.4 Å². The van der Waals surface area contributed by atoms with Crippen molar-refractivity contribution in [1.29, 1.82) is 0 Å². The molecule has 0 aliphatic carbocycles. The number of aromatic nitrogens is 3. The fraction of sp³-hybridized carbons (Fsp3) is 0.190. The summed E-state index contributed by atoms with van der Waals surface area (Å²) in [7, 11) is 1.60. The summed E-state index contributed by atoms with van der Waals surface area (Å²) in [5.74, 6) is 1.26. The maximum absolute atomic E-state index is 12.3. The van der Waals surface area contributed by atoms with Gasteiger partial charge in [0.2, 0.25) is 11.9 Å². The molecule has 7 nitrogen and oxygen atoms in total. The van der Waals surface area contributed by atoms with Gasteiger partial charge in [-0.2, -0.15) is 4.98 Å². The van der Waals surface area contributed by atoms with Crippen LogP contribution in [-0.2, 0) is 4.79 Å². The first kappa shape index (κ1) is 17.8. The first-order valence-electron chi connectivity index (χ1n) is 8.93. The lowest BCUT2D eigenvalue weighted by Gasteiger charge is -2.28. The van der Waals surface area contributed by atoms with E-state index in [1.54, 1.807) is 11.8 Å². The minimum absolute atomic E-state index is 0.428. The molecule has 1 aromatic heterocycles. The number of allylic oxidation sites excluding steroid dienone is 1. The van der Waals surface area contributed by atoms with E-state index in [2.05, 4.69) is 10.3 Å². The quantitative estimate of drug-likeness (QED) is 0.731. The molecular weight excluding hydrogens is 354 g/mol. The van der Waals surface area contributed by atoms with Gasteiger partial charge in [0.15, 0.2) is 5.82 Å². The van der Waals surface area contributed by atoms with E-state index in [0.29, 0.717) is 28.8 Å². The molecule has 0 fully saturated rings. The molecule has 0 bridgehead atoms. The predicted octanol–water partition coefficient (Wildman–Crippen LogP) is 3.04. The fourth-order valence-electron chi connectivity index (χ4n) is 3.56. The highest BCUT2D eigenvalue weighted by Crippen LogP contribution is 2.39. The summed E-state index contributed by atoms with van der Waals surface area (Å²) in [5.41, 5.74) is 9.63. The number of ether oxygens (including phenoxy) is 1. The smallest absolute Gasteiger partial charge is 0.248 e. The van der Waals surface area contributed by atoms with Gasteiger partial charge in [0, 0.05) is 16.8 Å². The number of nitrogens with two attached hydrogens (primary N) is 1. The molecule has 1 atom stereocenters. The highest BCUT2D eigenvalue weighted by Gasteiger charge is 2.34. The molecule has 0 saturated heterocycles. The second kappa shape index (κ2) is 6.84. The minimum Gasteiger partial charge on any atom is -0.496 e. The first-order chi connectivity index (χ1) is 13.5. The summed E-state index contributed by atoms with van der Waals surface area (Å²) in [6, 6.07) is 15.0. The van der Waals surface area contributed by atoms with Gasteiger partial charge in [-0.1, -0.05) is 42.0 Å². The molecular formula is C21H21N5O2. The van der Waals surface area contributed by atoms with Crippen LogP contribution in [0.2, 0.25) is 0 Å². The molecule has 1 aliphatic rings. The molecule has 1 amide bonds. The van der Waals surface area contributed by atoms with E-state index in [9.17, 15) is 4.79 Å². The summed E-state index contributed by atoms with van der Waals surface area (Å²) in [4.78, 5) is 17.0. The Morgan fingerprint density at radius 3 is 2.68 bits per heavy atom. The number of carbonyl (C=O) groups is 1. The summed E-state index contributed by atoms with van der Waals surface area (Å²) in [5, 5.41) is 7.87. The standard InChI is InChI=1S/C21H21N5O2/c1-12-7-6-8-14(11-12)20-24-21-23-13(2)17(19(22)27)18(26(21)25-20)15-9-4-5-10-16(15)28-3/h4-11,18H,1-3H3,(H2,22,27)(H,23,24,25). The van der Waals surface area contributed by atoms with Crippen molar-refractivity contribution in [1.82, 2.24) is 14.8 Å². The molecule has 142 valence electrons. The van der Waals surface area contributed by atoms with Gasteiger partial charge in [-0.15, -0.1) is 5.10 Å². The number of carbonyl (C=O) groups excluding carboxylic acids is 1. The molecule has 0 radical (unpaired) electrons. The third kappa shape index (κ3) is 2.90. The number of hydrogen-bond donors (Lipinski definition) is 2. The van der Waals surface area contributed by atoms with Crippen LogP contribution in [0.15, 0.2) is 59.8 Å². The van der Waals surface area contributed by atoms with Gasteiger partial charge < -0.3 is 15.8 Å². The van der Waals surface area contributed by atoms with Crippen molar-refractivity contribution in [3.05, 3.63) is 70.9 Å². The van der Waals surface area contributed by atoms with E-state index in [1.165, 1.54) is 0 Å². The topological polar surface area (TPSA) is 95.1 Å². The number of hydrogen-bond acceptors (Lipinski definition) is 5. The number of primary amides is 1. The number of nitrogens with zero attached hydrogens (tertiary/aromatic N) is 3. The highest BCUT2D eigenvalue weighted by atomic mass is 16.5. The van der Waals surface area contributed by atoms with Gasteiger partial charge in [0.25, 0.3) is 0 Å². The van der Waals surface area contributed by atoms with Gasteiger partial charge >= 0.3 is 0 Å². The zero-order valence-corrected chi connectivity index (χ0v) is 15.9. The van der Waals surface area contributed by atoms with E-state index in [1.807, 2.05) is 62.4 Å². The van der Waals surface area contributed by atoms with Crippen molar-refractivity contribution >= 4 is 11.9 Å². The number of para-hydroxylation sites is 1. The minimum atomic E-state index is -0.532. The van der Waals surface area contributed by atoms with Gasteiger partial charge in [-0.05, 0) is 26.0 Å². The second-order valence-electron chi connectivity index (χ2n) is 6.75. The lowest BCUT2D eigenvalue weighted by atomic mass is 9.94. The molecule has 3 N–H and O–H groups in total. The number of benzene rings is 2. The Morgan fingerprint density at radius 1 is 1.18 bits per heavy atom.